The van der Waals surface area contributed by atoms with Crippen LogP contribution in [-0.4, -0.2) is 20.2 Å². The van der Waals surface area contributed by atoms with E-state index in [1.54, 1.807) is 7.11 Å². The van der Waals surface area contributed by atoms with Gasteiger partial charge in [-0.25, -0.2) is 0 Å². The van der Waals surface area contributed by atoms with Gasteiger partial charge in [-0.15, -0.1) is 0 Å². The van der Waals surface area contributed by atoms with Gasteiger partial charge in [-0.05, 0) is 48.9 Å². The Morgan fingerprint density at radius 2 is 1.79 bits per heavy atom. The van der Waals surface area contributed by atoms with E-state index in [9.17, 15) is 0 Å². The van der Waals surface area contributed by atoms with Gasteiger partial charge in [0.25, 0.3) is 0 Å². The van der Waals surface area contributed by atoms with Gasteiger partial charge in [0, 0.05) is 12.0 Å². The highest BCUT2D eigenvalue weighted by Gasteiger charge is 2.49. The van der Waals surface area contributed by atoms with Crippen LogP contribution in [0.15, 0.2) is 24.3 Å². The molecule has 1 aliphatic rings. The third-order valence-electron chi connectivity index (χ3n) is 4.23. The van der Waals surface area contributed by atoms with E-state index >= 15 is 0 Å². The van der Waals surface area contributed by atoms with E-state index in [2.05, 4.69) is 50.4 Å². The van der Waals surface area contributed by atoms with E-state index in [1.165, 1.54) is 24.8 Å². The summed E-state index contributed by atoms with van der Waals surface area (Å²) in [5.41, 5.74) is 2.26. The van der Waals surface area contributed by atoms with Gasteiger partial charge in [0.2, 0.25) is 0 Å². The monoisotopic (exact) mass is 261 g/mol. The summed E-state index contributed by atoms with van der Waals surface area (Å²) in [6.45, 7) is 9.16. The van der Waals surface area contributed by atoms with Gasteiger partial charge in [-0.1, -0.05) is 32.9 Å². The van der Waals surface area contributed by atoms with Gasteiger partial charge >= 0.3 is 0 Å². The van der Waals surface area contributed by atoms with Crippen LogP contribution in [0.4, 0.5) is 0 Å². The summed E-state index contributed by atoms with van der Waals surface area (Å²) in [4.78, 5) is 0. The third kappa shape index (κ3) is 3.11. The average Bonchev–Trinajstić information content (AvgIpc) is 2.36. The van der Waals surface area contributed by atoms with Gasteiger partial charge in [0.05, 0.1) is 7.11 Å². The van der Waals surface area contributed by atoms with E-state index < -0.39 is 0 Å². The molecule has 0 radical (unpaired) electrons. The first kappa shape index (κ1) is 14.4. The summed E-state index contributed by atoms with van der Waals surface area (Å²) >= 11 is 0. The summed E-state index contributed by atoms with van der Waals surface area (Å²) in [6.07, 6.45) is 3.73. The molecule has 1 N–H and O–H groups in total. The lowest BCUT2D eigenvalue weighted by Crippen LogP contribution is -2.52. The van der Waals surface area contributed by atoms with Crippen molar-refractivity contribution >= 4 is 0 Å². The van der Waals surface area contributed by atoms with Crippen LogP contribution in [0, 0.1) is 5.41 Å². The molecule has 0 bridgehead atoms. The van der Waals surface area contributed by atoms with Crippen molar-refractivity contribution in [3.05, 3.63) is 29.8 Å². The highest BCUT2D eigenvalue weighted by molar-refractivity contribution is 5.35. The zero-order valence-corrected chi connectivity index (χ0v) is 12.8. The smallest absolute Gasteiger partial charge is 0.118 e. The van der Waals surface area contributed by atoms with E-state index in [4.69, 9.17) is 4.74 Å². The molecule has 0 aromatic heterocycles. The minimum absolute atomic E-state index is 0.324. The van der Waals surface area contributed by atoms with Crippen molar-refractivity contribution in [2.24, 2.45) is 5.41 Å². The van der Waals surface area contributed by atoms with Gasteiger partial charge < -0.3 is 10.1 Å². The predicted molar refractivity (Wildman–Crippen MR) is 80.8 cm³/mol. The Balaban J connectivity index is 2.13. The summed E-state index contributed by atoms with van der Waals surface area (Å²) in [7, 11) is 1.72. The first-order chi connectivity index (χ1) is 9.01. The first-order valence-corrected chi connectivity index (χ1v) is 7.37. The number of nitrogens with one attached hydrogen (secondary N) is 1. The third-order valence-corrected chi connectivity index (χ3v) is 4.23. The molecule has 1 aliphatic carbocycles. The van der Waals surface area contributed by atoms with Crippen molar-refractivity contribution < 1.29 is 4.74 Å². The van der Waals surface area contributed by atoms with Crippen LogP contribution >= 0.6 is 0 Å². The van der Waals surface area contributed by atoms with E-state index in [1.807, 2.05) is 0 Å². The molecule has 2 heteroatoms. The van der Waals surface area contributed by atoms with Gasteiger partial charge in [0.1, 0.15) is 5.75 Å². The Kier molecular flexibility index (Phi) is 4.19. The second kappa shape index (κ2) is 5.54. The molecule has 1 fully saturated rings. The van der Waals surface area contributed by atoms with Crippen LogP contribution in [0.1, 0.15) is 45.6 Å². The van der Waals surface area contributed by atoms with E-state index in [-0.39, 0.29) is 0 Å². The largest absolute Gasteiger partial charge is 0.497 e. The quantitative estimate of drug-likeness (QED) is 0.787. The van der Waals surface area contributed by atoms with E-state index in [0.29, 0.717) is 10.8 Å². The molecule has 0 unspecified atom stereocenters. The SMILES string of the molecule is CCCNCC1(c2ccc(OC)cc2)CC(C)(C)C1. The number of hydrogen-bond acceptors (Lipinski definition) is 2. The van der Waals surface area contributed by atoms with Crippen LogP contribution in [0.2, 0.25) is 0 Å². The molecule has 1 aromatic rings. The molecule has 1 aromatic carbocycles. The normalized spacial score (nSPS) is 19.8. The predicted octanol–water partition coefficient (Wildman–Crippen LogP) is 3.75. The molecular formula is C17H27NO. The molecule has 0 spiro atoms. The lowest BCUT2D eigenvalue weighted by atomic mass is 9.52. The van der Waals surface area contributed by atoms with Crippen molar-refractivity contribution in [1.29, 1.82) is 0 Å². The molecule has 19 heavy (non-hydrogen) atoms. The van der Waals surface area contributed by atoms with Crippen molar-refractivity contribution in [1.82, 2.24) is 5.32 Å². The summed E-state index contributed by atoms with van der Waals surface area (Å²) in [6, 6.07) is 8.65. The molecule has 0 atom stereocenters. The van der Waals surface area contributed by atoms with Gasteiger partial charge in [0.15, 0.2) is 0 Å². The zero-order valence-electron chi connectivity index (χ0n) is 12.8. The standard InChI is InChI=1S/C17H27NO/c1-5-10-18-13-17(11-16(2,3)12-17)14-6-8-15(19-4)9-7-14/h6-9,18H,5,10-13H2,1-4H3. The van der Waals surface area contributed by atoms with E-state index in [0.717, 1.165) is 18.8 Å². The minimum atomic E-state index is 0.324. The van der Waals surface area contributed by atoms with Gasteiger partial charge in [-0.3, -0.25) is 0 Å². The fraction of sp³-hybridized carbons (Fsp3) is 0.647. The van der Waals surface area contributed by atoms with Crippen molar-refractivity contribution in [2.75, 3.05) is 20.2 Å². The zero-order chi connectivity index (χ0) is 13.9. The number of rotatable bonds is 6. The fourth-order valence-corrected chi connectivity index (χ4v) is 3.66. The average molecular weight is 261 g/mol. The highest BCUT2D eigenvalue weighted by Crippen LogP contribution is 2.55. The molecule has 2 rings (SSSR count). The molecular weight excluding hydrogens is 234 g/mol. The summed E-state index contributed by atoms with van der Waals surface area (Å²) in [5.74, 6) is 0.944. The van der Waals surface area contributed by atoms with Crippen LogP contribution in [-0.2, 0) is 5.41 Å². The highest BCUT2D eigenvalue weighted by atomic mass is 16.5. The molecule has 0 amide bonds. The second-order valence-corrected chi connectivity index (χ2v) is 6.70. The van der Waals surface area contributed by atoms with Crippen LogP contribution in [0.25, 0.3) is 0 Å². The maximum Gasteiger partial charge on any atom is 0.118 e. The van der Waals surface area contributed by atoms with Gasteiger partial charge in [-0.2, -0.15) is 0 Å². The molecule has 106 valence electrons. The lowest BCUT2D eigenvalue weighted by molar-refractivity contribution is 0.0564. The topological polar surface area (TPSA) is 21.3 Å². The second-order valence-electron chi connectivity index (χ2n) is 6.70. The number of hydrogen-bond donors (Lipinski definition) is 1. The fourth-order valence-electron chi connectivity index (χ4n) is 3.66. The maximum atomic E-state index is 5.26. The summed E-state index contributed by atoms with van der Waals surface area (Å²) in [5, 5.41) is 3.61. The number of benzene rings is 1. The summed E-state index contributed by atoms with van der Waals surface area (Å²) < 4.78 is 5.26. The Bertz CT molecular complexity index is 400. The Morgan fingerprint density at radius 3 is 2.26 bits per heavy atom. The van der Waals surface area contributed by atoms with Crippen LogP contribution < -0.4 is 10.1 Å². The van der Waals surface area contributed by atoms with Crippen LogP contribution in [0.5, 0.6) is 5.75 Å². The molecule has 0 aliphatic heterocycles. The Morgan fingerprint density at radius 1 is 1.16 bits per heavy atom. The van der Waals surface area contributed by atoms with Crippen molar-refractivity contribution in [3.63, 3.8) is 0 Å². The Hall–Kier alpha value is -1.02. The first-order valence-electron chi connectivity index (χ1n) is 7.37. The van der Waals surface area contributed by atoms with Crippen LogP contribution in [0.3, 0.4) is 0 Å². The van der Waals surface area contributed by atoms with Crippen molar-refractivity contribution in [3.8, 4) is 5.75 Å². The molecule has 2 nitrogen and oxygen atoms in total. The van der Waals surface area contributed by atoms with Crippen molar-refractivity contribution in [2.45, 2.75) is 45.4 Å². The molecule has 1 saturated carbocycles. The lowest BCUT2D eigenvalue weighted by Gasteiger charge is -2.54. The molecule has 0 saturated heterocycles. The Labute approximate surface area is 117 Å². The number of ether oxygens (including phenoxy) is 1. The number of methoxy groups -OCH3 is 1. The minimum Gasteiger partial charge on any atom is -0.497 e. The molecule has 0 heterocycles. The maximum absolute atomic E-state index is 5.26.